The number of benzene rings is 2. The van der Waals surface area contributed by atoms with Crippen LogP contribution in [0.4, 0.5) is 0 Å². The minimum Gasteiger partial charge on any atom is -0.480 e. The Morgan fingerprint density at radius 2 is 1.61 bits per heavy atom. The third kappa shape index (κ3) is 6.03. The number of aromatic amines is 1. The molecule has 0 aliphatic carbocycles. The van der Waals surface area contributed by atoms with Crippen LogP contribution in [0.1, 0.15) is 24.9 Å². The van der Waals surface area contributed by atoms with Gasteiger partial charge in [0, 0.05) is 6.42 Å². The number of nitrogens with one attached hydrogen (secondary N) is 3. The largest absolute Gasteiger partial charge is 0.480 e. The number of carbonyl (C=O) groups excluding carboxylic acids is 3. The number of hydrogen-bond donors (Lipinski definition) is 5. The maximum Gasteiger partial charge on any atom is 0.329 e. The van der Waals surface area contributed by atoms with E-state index in [4.69, 9.17) is 5.73 Å². The number of nitrogens with two attached hydrogens (primary N) is 1. The van der Waals surface area contributed by atoms with Crippen LogP contribution in [0.15, 0.2) is 64.2 Å². The maximum atomic E-state index is 13.3. The summed E-state index contributed by atoms with van der Waals surface area (Å²) in [5.41, 5.74) is 4.49. The molecule has 3 amide bonds. The number of primary amides is 1. The first-order chi connectivity index (χ1) is 17.1. The Morgan fingerprint density at radius 3 is 2.25 bits per heavy atom. The monoisotopic (exact) mass is 495 g/mol. The first-order valence-electron chi connectivity index (χ1n) is 11.0. The van der Waals surface area contributed by atoms with Crippen molar-refractivity contribution < 1.29 is 24.3 Å². The lowest BCUT2D eigenvalue weighted by atomic mass is 10.0. The van der Waals surface area contributed by atoms with Gasteiger partial charge in [0.2, 0.25) is 17.7 Å². The fourth-order valence-corrected chi connectivity index (χ4v) is 3.67. The smallest absolute Gasteiger partial charge is 0.329 e. The molecule has 12 heteroatoms. The zero-order chi connectivity index (χ0) is 26.4. The zero-order valence-electron chi connectivity index (χ0n) is 19.3. The molecule has 1 heterocycles. The SMILES string of the molecule is C[C@H](NC(=O)[C@H](Cc1ccccc1)n1c(=O)[nH]c2ccccc2c1=O)C(=O)N[C@H](CC(N)=O)C(=O)O. The molecule has 3 aromatic rings. The summed E-state index contributed by atoms with van der Waals surface area (Å²) < 4.78 is 0.794. The van der Waals surface area contributed by atoms with Gasteiger partial charge in [0.25, 0.3) is 5.56 Å². The number of carboxylic acid groups (broad SMARTS) is 1. The number of para-hydroxylation sites is 1. The molecule has 3 atom stereocenters. The van der Waals surface area contributed by atoms with Crippen molar-refractivity contribution in [2.45, 2.75) is 37.9 Å². The highest BCUT2D eigenvalue weighted by molar-refractivity contribution is 5.92. The van der Waals surface area contributed by atoms with Gasteiger partial charge >= 0.3 is 11.7 Å². The van der Waals surface area contributed by atoms with Crippen molar-refractivity contribution in [1.82, 2.24) is 20.2 Å². The van der Waals surface area contributed by atoms with Crippen LogP contribution in [0.25, 0.3) is 10.9 Å². The number of fused-ring (bicyclic) bond motifs is 1. The Balaban J connectivity index is 1.93. The number of H-pyrrole nitrogens is 1. The van der Waals surface area contributed by atoms with Gasteiger partial charge < -0.3 is 26.5 Å². The van der Waals surface area contributed by atoms with Crippen molar-refractivity contribution in [3.8, 4) is 0 Å². The Hall–Kier alpha value is -4.74. The van der Waals surface area contributed by atoms with Crippen LogP contribution in [0.2, 0.25) is 0 Å². The number of aliphatic carboxylic acids is 1. The number of carbonyl (C=O) groups is 4. The third-order valence-corrected chi connectivity index (χ3v) is 5.49. The van der Waals surface area contributed by atoms with Crippen LogP contribution >= 0.6 is 0 Å². The Morgan fingerprint density at radius 1 is 0.972 bits per heavy atom. The summed E-state index contributed by atoms with van der Waals surface area (Å²) in [7, 11) is 0. The molecular weight excluding hydrogens is 470 g/mol. The predicted molar refractivity (Wildman–Crippen MR) is 129 cm³/mol. The van der Waals surface area contributed by atoms with Crippen LogP contribution in [-0.2, 0) is 25.6 Å². The molecule has 188 valence electrons. The van der Waals surface area contributed by atoms with E-state index in [1.54, 1.807) is 48.5 Å². The van der Waals surface area contributed by atoms with E-state index in [-0.39, 0.29) is 11.8 Å². The van der Waals surface area contributed by atoms with E-state index < -0.39 is 59.5 Å². The second kappa shape index (κ2) is 11.1. The van der Waals surface area contributed by atoms with Gasteiger partial charge in [0.1, 0.15) is 18.1 Å². The molecule has 0 aliphatic rings. The van der Waals surface area contributed by atoms with Crippen molar-refractivity contribution in [3.63, 3.8) is 0 Å². The Labute approximate surface area is 204 Å². The quantitative estimate of drug-likeness (QED) is 0.248. The summed E-state index contributed by atoms with van der Waals surface area (Å²) in [5.74, 6) is -4.12. The molecule has 0 aliphatic heterocycles. The van der Waals surface area contributed by atoms with Crippen molar-refractivity contribution in [1.29, 1.82) is 0 Å². The maximum absolute atomic E-state index is 13.3. The number of rotatable bonds is 10. The summed E-state index contributed by atoms with van der Waals surface area (Å²) in [4.78, 5) is 76.9. The lowest BCUT2D eigenvalue weighted by Gasteiger charge is -2.22. The summed E-state index contributed by atoms with van der Waals surface area (Å²) in [6.07, 6.45) is -0.679. The van der Waals surface area contributed by atoms with E-state index in [1.165, 1.54) is 13.0 Å². The van der Waals surface area contributed by atoms with Gasteiger partial charge in [-0.15, -0.1) is 0 Å². The molecule has 0 fully saturated rings. The van der Waals surface area contributed by atoms with Crippen molar-refractivity contribution >= 4 is 34.6 Å². The second-order valence-corrected chi connectivity index (χ2v) is 8.16. The molecule has 0 spiro atoms. The highest BCUT2D eigenvalue weighted by atomic mass is 16.4. The number of nitrogens with zero attached hydrogens (tertiary/aromatic N) is 1. The Bertz CT molecular complexity index is 1410. The van der Waals surface area contributed by atoms with Crippen LogP contribution in [-0.4, -0.2) is 50.4 Å². The molecule has 0 saturated carbocycles. The average Bonchev–Trinajstić information content (AvgIpc) is 2.83. The second-order valence-electron chi connectivity index (χ2n) is 8.16. The van der Waals surface area contributed by atoms with Crippen LogP contribution in [0, 0.1) is 0 Å². The summed E-state index contributed by atoms with van der Waals surface area (Å²) in [5, 5.41) is 14.0. The summed E-state index contributed by atoms with van der Waals surface area (Å²) >= 11 is 0. The number of carboxylic acids is 1. The van der Waals surface area contributed by atoms with Gasteiger partial charge in [-0.2, -0.15) is 0 Å². The molecule has 36 heavy (non-hydrogen) atoms. The molecule has 2 aromatic carbocycles. The average molecular weight is 495 g/mol. The van der Waals surface area contributed by atoms with Gasteiger partial charge in [-0.25, -0.2) is 14.2 Å². The van der Waals surface area contributed by atoms with Crippen molar-refractivity contribution in [2.75, 3.05) is 0 Å². The van der Waals surface area contributed by atoms with Gasteiger partial charge in [-0.1, -0.05) is 42.5 Å². The Kier molecular flexibility index (Phi) is 8.00. The van der Waals surface area contributed by atoms with E-state index in [2.05, 4.69) is 15.6 Å². The first-order valence-corrected chi connectivity index (χ1v) is 11.0. The minimum absolute atomic E-state index is 0.0399. The minimum atomic E-state index is -1.58. The lowest BCUT2D eigenvalue weighted by molar-refractivity contribution is -0.143. The molecule has 6 N–H and O–H groups in total. The van der Waals surface area contributed by atoms with E-state index >= 15 is 0 Å². The van der Waals surface area contributed by atoms with Gasteiger partial charge in [-0.3, -0.25) is 19.2 Å². The summed E-state index contributed by atoms with van der Waals surface area (Å²) in [6, 6.07) is 10.9. The van der Waals surface area contributed by atoms with Gasteiger partial charge in [0.05, 0.1) is 17.3 Å². The van der Waals surface area contributed by atoms with Crippen LogP contribution in [0.3, 0.4) is 0 Å². The van der Waals surface area contributed by atoms with Crippen molar-refractivity contribution in [2.24, 2.45) is 5.73 Å². The van der Waals surface area contributed by atoms with Crippen LogP contribution < -0.4 is 27.6 Å². The van der Waals surface area contributed by atoms with Crippen LogP contribution in [0.5, 0.6) is 0 Å². The van der Waals surface area contributed by atoms with E-state index in [1.807, 2.05) is 0 Å². The number of amides is 3. The third-order valence-electron chi connectivity index (χ3n) is 5.49. The molecule has 12 nitrogen and oxygen atoms in total. The number of aromatic nitrogens is 2. The molecular formula is C24H25N5O7. The molecule has 3 rings (SSSR count). The van der Waals surface area contributed by atoms with E-state index in [0.29, 0.717) is 11.1 Å². The standard InChI is InChI=1S/C24H25N5O7/c1-13(20(31)27-17(23(34)35)12-19(25)30)26-21(32)18(11-14-7-3-2-4-8-14)29-22(33)15-9-5-6-10-16(15)28-24(29)36/h2-10,13,17-18H,11-12H2,1H3,(H2,25,30)(H,26,32)(H,27,31)(H,28,36)(H,34,35)/t13-,17+,18-/m0/s1. The predicted octanol–water partition coefficient (Wildman–Crippen LogP) is -0.577. The highest BCUT2D eigenvalue weighted by Gasteiger charge is 2.30. The fourth-order valence-electron chi connectivity index (χ4n) is 3.67. The molecule has 0 bridgehead atoms. The first kappa shape index (κ1) is 25.9. The van der Waals surface area contributed by atoms with Gasteiger partial charge in [0.15, 0.2) is 0 Å². The lowest BCUT2D eigenvalue weighted by Crippen LogP contribution is -2.53. The number of hydrogen-bond acceptors (Lipinski definition) is 6. The highest BCUT2D eigenvalue weighted by Crippen LogP contribution is 2.14. The molecule has 0 unspecified atom stereocenters. The normalized spacial score (nSPS) is 13.4. The van der Waals surface area contributed by atoms with E-state index in [9.17, 15) is 33.9 Å². The molecule has 1 aromatic heterocycles. The summed E-state index contributed by atoms with van der Waals surface area (Å²) in [6.45, 7) is 1.30. The topological polar surface area (TPSA) is 193 Å². The van der Waals surface area contributed by atoms with E-state index in [0.717, 1.165) is 4.57 Å². The van der Waals surface area contributed by atoms with Gasteiger partial charge in [-0.05, 0) is 24.6 Å². The molecule has 0 saturated heterocycles. The zero-order valence-corrected chi connectivity index (χ0v) is 19.3. The fraction of sp³-hybridized carbons (Fsp3) is 0.250. The molecule has 0 radical (unpaired) electrons. The van der Waals surface area contributed by atoms with Crippen molar-refractivity contribution in [3.05, 3.63) is 81.0 Å².